The molecule has 1 amide bonds. The molecule has 0 aliphatic rings. The van der Waals surface area contributed by atoms with Crippen molar-refractivity contribution >= 4 is 28.5 Å². The third kappa shape index (κ3) is 5.68. The molecular formula is C19H15F2N3O2S. The number of halogens is 2. The van der Waals surface area contributed by atoms with Crippen LogP contribution in [0.4, 0.5) is 13.9 Å². The summed E-state index contributed by atoms with van der Waals surface area (Å²) in [4.78, 5) is 20.4. The van der Waals surface area contributed by atoms with E-state index >= 15 is 0 Å². The highest BCUT2D eigenvalue weighted by Gasteiger charge is 2.06. The molecule has 8 heteroatoms. The fourth-order valence-corrected chi connectivity index (χ4v) is 2.85. The van der Waals surface area contributed by atoms with Crippen LogP contribution in [0, 0.1) is 0 Å². The molecule has 0 fully saturated rings. The summed E-state index contributed by atoms with van der Waals surface area (Å²) < 4.78 is 29.1. The lowest BCUT2D eigenvalue weighted by molar-refractivity contribution is -0.111. The zero-order valence-corrected chi connectivity index (χ0v) is 14.8. The molecule has 0 spiro atoms. The summed E-state index contributed by atoms with van der Waals surface area (Å²) in [5.74, 6) is 0.0303. The highest BCUT2D eigenvalue weighted by Crippen LogP contribution is 2.24. The number of nitrogens with zero attached hydrogens (tertiary/aromatic N) is 2. The Hall–Kier alpha value is -3.13. The molecule has 3 rings (SSSR count). The van der Waals surface area contributed by atoms with Gasteiger partial charge in [-0.25, -0.2) is 13.8 Å². The Morgan fingerprint density at radius 3 is 2.78 bits per heavy atom. The zero-order valence-electron chi connectivity index (χ0n) is 14.0. The van der Waals surface area contributed by atoms with E-state index in [1.807, 2.05) is 17.5 Å². The van der Waals surface area contributed by atoms with Crippen LogP contribution in [0.5, 0.6) is 5.75 Å². The molecular weight excluding hydrogens is 372 g/mol. The minimum absolute atomic E-state index is 0.319. The number of hydrogen-bond acceptors (Lipinski definition) is 5. The van der Waals surface area contributed by atoms with E-state index in [-0.39, 0.29) is 5.91 Å². The molecule has 0 aliphatic heterocycles. The van der Waals surface area contributed by atoms with Crippen LogP contribution >= 0.6 is 11.3 Å². The van der Waals surface area contributed by atoms with Gasteiger partial charge in [-0.3, -0.25) is 15.1 Å². The number of pyridine rings is 1. The lowest BCUT2D eigenvalue weighted by atomic mass is 10.2. The zero-order chi connectivity index (χ0) is 19.1. The number of alkyl halides is 2. The minimum atomic E-state index is -2.52. The third-order valence-electron chi connectivity index (χ3n) is 3.37. The number of anilines is 1. The first kappa shape index (κ1) is 18.7. The summed E-state index contributed by atoms with van der Waals surface area (Å²) in [5, 5.41) is 5.03. The quantitative estimate of drug-likeness (QED) is 0.606. The summed E-state index contributed by atoms with van der Waals surface area (Å²) >= 11 is 1.32. The van der Waals surface area contributed by atoms with Crippen molar-refractivity contribution in [2.45, 2.75) is 6.43 Å². The molecule has 0 atom stereocenters. The normalized spacial score (nSPS) is 11.1. The van der Waals surface area contributed by atoms with Gasteiger partial charge in [-0.05, 0) is 35.9 Å². The smallest absolute Gasteiger partial charge is 0.272 e. The standard InChI is InChI=1S/C19H15F2N3O2S/c20-17(21)11-26-15-6-3-13(4-7-15)5-8-18(25)24-19-23-16(12-27-19)14-2-1-9-22-10-14/h1-10,12,17H,11H2,(H,23,24,25). The van der Waals surface area contributed by atoms with Crippen molar-refractivity contribution in [1.29, 1.82) is 0 Å². The Morgan fingerprint density at radius 2 is 2.07 bits per heavy atom. The van der Waals surface area contributed by atoms with Gasteiger partial charge in [-0.15, -0.1) is 11.3 Å². The van der Waals surface area contributed by atoms with Gasteiger partial charge in [0.25, 0.3) is 6.43 Å². The molecule has 138 valence electrons. The Kier molecular flexibility index (Phi) is 6.22. The summed E-state index contributed by atoms with van der Waals surface area (Å²) in [6.07, 6.45) is 3.86. The van der Waals surface area contributed by atoms with Crippen molar-refractivity contribution in [3.8, 4) is 17.0 Å². The fraction of sp³-hybridized carbons (Fsp3) is 0.105. The van der Waals surface area contributed by atoms with Crippen LogP contribution in [0.3, 0.4) is 0 Å². The summed E-state index contributed by atoms with van der Waals surface area (Å²) in [6.45, 7) is -0.646. The van der Waals surface area contributed by atoms with Gasteiger partial charge in [-0.2, -0.15) is 0 Å². The van der Waals surface area contributed by atoms with Crippen molar-refractivity contribution in [2.75, 3.05) is 11.9 Å². The van der Waals surface area contributed by atoms with Crippen LogP contribution in [0.15, 0.2) is 60.2 Å². The van der Waals surface area contributed by atoms with E-state index in [2.05, 4.69) is 15.3 Å². The first-order valence-electron chi connectivity index (χ1n) is 7.96. The maximum Gasteiger partial charge on any atom is 0.272 e. The number of carbonyl (C=O) groups is 1. The predicted molar refractivity (Wildman–Crippen MR) is 101 cm³/mol. The van der Waals surface area contributed by atoms with Gasteiger partial charge in [0.05, 0.1) is 5.69 Å². The lowest BCUT2D eigenvalue weighted by Crippen LogP contribution is -2.07. The van der Waals surface area contributed by atoms with Crippen molar-refractivity contribution in [3.05, 3.63) is 65.8 Å². The number of benzene rings is 1. The topological polar surface area (TPSA) is 64.1 Å². The van der Waals surface area contributed by atoms with Gasteiger partial charge in [0.15, 0.2) is 5.13 Å². The van der Waals surface area contributed by atoms with E-state index in [1.165, 1.54) is 17.4 Å². The van der Waals surface area contributed by atoms with Crippen LogP contribution in [0.2, 0.25) is 0 Å². The second-order valence-electron chi connectivity index (χ2n) is 5.37. The summed E-state index contributed by atoms with van der Waals surface area (Å²) in [5.41, 5.74) is 2.36. The molecule has 0 bridgehead atoms. The molecule has 5 nitrogen and oxygen atoms in total. The SMILES string of the molecule is O=C(C=Cc1ccc(OCC(F)F)cc1)Nc1nc(-c2cccnc2)cs1. The van der Waals surface area contributed by atoms with Crippen LogP contribution in [-0.4, -0.2) is 28.9 Å². The Morgan fingerprint density at radius 1 is 1.26 bits per heavy atom. The Bertz CT molecular complexity index is 912. The average Bonchev–Trinajstić information content (AvgIpc) is 3.14. The van der Waals surface area contributed by atoms with Crippen LogP contribution in [0.25, 0.3) is 17.3 Å². The highest BCUT2D eigenvalue weighted by atomic mass is 32.1. The Balaban J connectivity index is 1.55. The molecule has 2 heterocycles. The first-order chi connectivity index (χ1) is 13.1. The molecule has 0 radical (unpaired) electrons. The van der Waals surface area contributed by atoms with E-state index in [9.17, 15) is 13.6 Å². The van der Waals surface area contributed by atoms with Gasteiger partial charge < -0.3 is 4.74 Å². The largest absolute Gasteiger partial charge is 0.488 e. The first-order valence-corrected chi connectivity index (χ1v) is 8.84. The molecule has 3 aromatic rings. The molecule has 0 unspecified atom stereocenters. The minimum Gasteiger partial charge on any atom is -0.488 e. The van der Waals surface area contributed by atoms with E-state index in [1.54, 1.807) is 42.7 Å². The second-order valence-corrected chi connectivity index (χ2v) is 6.23. The number of nitrogens with one attached hydrogen (secondary N) is 1. The fourth-order valence-electron chi connectivity index (χ4n) is 2.13. The number of thiazole rings is 1. The predicted octanol–water partition coefficient (Wildman–Crippen LogP) is 4.50. The maximum atomic E-state index is 12.1. The van der Waals surface area contributed by atoms with Crippen molar-refractivity contribution in [3.63, 3.8) is 0 Å². The molecule has 1 N–H and O–H groups in total. The van der Waals surface area contributed by atoms with Crippen LogP contribution < -0.4 is 10.1 Å². The van der Waals surface area contributed by atoms with Crippen LogP contribution in [0.1, 0.15) is 5.56 Å². The highest BCUT2D eigenvalue weighted by molar-refractivity contribution is 7.14. The van der Waals surface area contributed by atoms with E-state index in [4.69, 9.17) is 4.74 Å². The van der Waals surface area contributed by atoms with Gasteiger partial charge in [-0.1, -0.05) is 12.1 Å². The lowest BCUT2D eigenvalue weighted by Gasteiger charge is -2.05. The van der Waals surface area contributed by atoms with E-state index < -0.39 is 13.0 Å². The Labute approximate surface area is 158 Å². The number of ether oxygens (including phenoxy) is 1. The molecule has 2 aromatic heterocycles. The van der Waals surface area contributed by atoms with Crippen molar-refractivity contribution in [1.82, 2.24) is 9.97 Å². The van der Waals surface area contributed by atoms with Crippen molar-refractivity contribution < 1.29 is 18.3 Å². The summed E-state index contributed by atoms with van der Waals surface area (Å²) in [7, 11) is 0. The monoisotopic (exact) mass is 387 g/mol. The molecule has 27 heavy (non-hydrogen) atoms. The number of hydrogen-bond donors (Lipinski definition) is 1. The third-order valence-corrected chi connectivity index (χ3v) is 4.13. The number of carbonyl (C=O) groups excluding carboxylic acids is 1. The van der Waals surface area contributed by atoms with Gasteiger partial charge in [0, 0.05) is 29.4 Å². The summed E-state index contributed by atoms with van der Waals surface area (Å²) in [6, 6.07) is 10.2. The van der Waals surface area contributed by atoms with Crippen LogP contribution in [-0.2, 0) is 4.79 Å². The average molecular weight is 387 g/mol. The van der Waals surface area contributed by atoms with E-state index in [0.29, 0.717) is 10.9 Å². The van der Waals surface area contributed by atoms with Gasteiger partial charge in [0.1, 0.15) is 12.4 Å². The maximum absolute atomic E-state index is 12.1. The van der Waals surface area contributed by atoms with Gasteiger partial charge in [0.2, 0.25) is 5.91 Å². The van der Waals surface area contributed by atoms with E-state index in [0.717, 1.165) is 16.8 Å². The second kappa shape index (κ2) is 9.00. The van der Waals surface area contributed by atoms with Crippen molar-refractivity contribution in [2.24, 2.45) is 0 Å². The number of rotatable bonds is 7. The molecule has 0 aliphatic carbocycles. The molecule has 1 aromatic carbocycles. The number of amides is 1. The molecule has 0 saturated heterocycles. The molecule has 0 saturated carbocycles. The number of aromatic nitrogens is 2. The van der Waals surface area contributed by atoms with Gasteiger partial charge >= 0.3 is 0 Å².